The second-order valence-corrected chi connectivity index (χ2v) is 28.1. The van der Waals surface area contributed by atoms with Crippen LogP contribution in [-0.4, -0.2) is 37.8 Å². The summed E-state index contributed by atoms with van der Waals surface area (Å²) in [5.74, 6) is 7.31. The van der Waals surface area contributed by atoms with Gasteiger partial charge in [-0.15, -0.1) is 33.2 Å². The summed E-state index contributed by atoms with van der Waals surface area (Å²) < 4.78 is 0. The van der Waals surface area contributed by atoms with Gasteiger partial charge in [-0.05, 0) is 117 Å². The standard InChI is InChI=1S/C56H48N8Si2.2ClH.Zn/c1-65(2,3)33-31-35-7-11-37(12-8-35)51-43-23-27-47(61-43)53(39-15-19-41(20-16-39)55(57)58)49-29-25-45(63-49)52(38-13-9-36(10-14-38)32-34-66(4,5)6)46-26-30-50(64-46)54(48-28-24-44(51)62-48)40-17-21-42(22-18-40)56(59)60;;;/h7-30H,1-6H3,(H3,57,58)(H3,59,60);2*1H;/q-2;;;+2. The number of hydrogen-bond acceptors (Lipinski definition) is 2. The van der Waals surface area contributed by atoms with Gasteiger partial charge >= 0.3 is 19.5 Å². The van der Waals surface area contributed by atoms with Gasteiger partial charge in [0.05, 0.1) is 33.9 Å². The van der Waals surface area contributed by atoms with Crippen molar-refractivity contribution in [1.29, 1.82) is 0 Å². The molecule has 7 aromatic rings. The van der Waals surface area contributed by atoms with Crippen LogP contribution in [0.1, 0.15) is 45.0 Å². The summed E-state index contributed by atoms with van der Waals surface area (Å²) in [6.45, 7) is 13.5. The molecule has 0 amide bonds. The Morgan fingerprint density at radius 1 is 0.420 bits per heavy atom. The molecule has 0 spiro atoms. The number of aromatic nitrogens is 4. The number of fused-ring (bicyclic) bond motifs is 8. The second-order valence-electron chi connectivity index (χ2n) is 18.6. The monoisotopic (exact) mass is 1020 g/mol. The summed E-state index contributed by atoms with van der Waals surface area (Å²) in [7, 11) is -3.16. The Hall–Kier alpha value is -6.82. The van der Waals surface area contributed by atoms with Crippen LogP contribution in [0, 0.1) is 22.9 Å². The van der Waals surface area contributed by atoms with Crippen molar-refractivity contribution in [3.63, 3.8) is 0 Å². The molecule has 69 heavy (non-hydrogen) atoms. The summed E-state index contributed by atoms with van der Waals surface area (Å²) in [5.41, 5.74) is 35.8. The van der Waals surface area contributed by atoms with Crippen molar-refractivity contribution in [3.05, 3.63) is 166 Å². The first-order chi connectivity index (χ1) is 31.6. The van der Waals surface area contributed by atoms with E-state index in [1.54, 1.807) is 0 Å². The van der Waals surface area contributed by atoms with Gasteiger partial charge in [0.25, 0.3) is 11.7 Å². The molecular formula is C56H50Cl2N8Si2Zn. The third kappa shape index (κ3) is 11.4. The van der Waals surface area contributed by atoms with Crippen LogP contribution in [0.5, 0.6) is 0 Å². The zero-order chi connectivity index (χ0) is 46.3. The minimum Gasteiger partial charge on any atom is -1.00 e. The fraction of sp³-hybridized carbons (Fsp3) is 0.107. The van der Waals surface area contributed by atoms with Crippen molar-refractivity contribution in [3.8, 4) is 67.4 Å². The Kier molecular flexibility index (Phi) is 15.6. The van der Waals surface area contributed by atoms with E-state index in [9.17, 15) is 0 Å². The number of benzene rings is 4. The van der Waals surface area contributed by atoms with Crippen LogP contribution in [0.2, 0.25) is 39.3 Å². The van der Waals surface area contributed by atoms with E-state index >= 15 is 0 Å². The molecule has 13 heteroatoms. The van der Waals surface area contributed by atoms with Crippen molar-refractivity contribution in [1.82, 2.24) is 19.9 Å². The molecule has 5 heterocycles. The first kappa shape index (κ1) is 51.6. The Bertz CT molecular complexity index is 3250. The smallest absolute Gasteiger partial charge is 1.00 e. The van der Waals surface area contributed by atoms with Gasteiger partial charge < -0.3 is 34.8 Å². The van der Waals surface area contributed by atoms with Crippen molar-refractivity contribution in [2.45, 2.75) is 39.3 Å². The van der Waals surface area contributed by atoms with Crippen LogP contribution in [0.3, 0.4) is 0 Å². The van der Waals surface area contributed by atoms with E-state index in [0.29, 0.717) is 0 Å². The van der Waals surface area contributed by atoms with E-state index in [1.807, 2.05) is 48.5 Å². The third-order valence-corrected chi connectivity index (χ3v) is 12.9. The van der Waals surface area contributed by atoms with Crippen LogP contribution in [0.25, 0.3) is 90.9 Å². The van der Waals surface area contributed by atoms with Gasteiger partial charge in [0.2, 0.25) is 0 Å². The molecule has 8 nitrogen and oxygen atoms in total. The van der Waals surface area contributed by atoms with E-state index in [1.165, 1.54) is 0 Å². The Morgan fingerprint density at radius 3 is 0.899 bits per heavy atom. The summed E-state index contributed by atoms with van der Waals surface area (Å²) in [4.78, 5) is 21.7. The second kappa shape index (κ2) is 20.8. The zero-order valence-electron chi connectivity index (χ0n) is 39.4. The first-order valence-corrected chi connectivity index (χ1v) is 28.9. The van der Waals surface area contributed by atoms with Gasteiger partial charge in [0.1, 0.15) is 16.1 Å². The van der Waals surface area contributed by atoms with Gasteiger partial charge in [-0.1, -0.05) is 124 Å². The predicted octanol–water partition coefficient (Wildman–Crippen LogP) is 1.97. The SMILES string of the molecule is C[Si](C)(C)C#Cc1ccc(-c2c3nc(c(-c4ccc(C(N)=[NH2+])cc4)c4ccc([n-]4)c(-c4ccc(C#C[Si](C)(C)C)cc4)c4nc(c(-c5ccc(C(N)=[NH2+])cc5)c5ccc2[n-]5)C=C4)C=C3)cc1.[Cl-].[Cl-].[Zn+2]. The average Bonchev–Trinajstić information content (AvgIpc) is 4.14. The van der Waals surface area contributed by atoms with Gasteiger partial charge in [-0.3, -0.25) is 22.3 Å². The largest absolute Gasteiger partial charge is 2.00 e. The molecule has 9 rings (SSSR count). The van der Waals surface area contributed by atoms with E-state index < -0.39 is 16.1 Å². The molecule has 0 atom stereocenters. The summed E-state index contributed by atoms with van der Waals surface area (Å²) in [6, 6.07) is 40.7. The number of hydrogen-bond donors (Lipinski definition) is 4. The minimum absolute atomic E-state index is 0. The van der Waals surface area contributed by atoms with Crippen molar-refractivity contribution < 1.29 is 55.1 Å². The molecule has 2 aliphatic heterocycles. The summed E-state index contributed by atoms with van der Waals surface area (Å²) in [6.07, 6.45) is 8.24. The van der Waals surface area contributed by atoms with Crippen molar-refractivity contribution >= 4 is 74.2 Å². The summed E-state index contributed by atoms with van der Waals surface area (Å²) in [5, 5.41) is 12.0. The molecule has 8 N–H and O–H groups in total. The van der Waals surface area contributed by atoms with E-state index in [4.69, 9.17) is 42.2 Å². The molecule has 0 saturated carbocycles. The van der Waals surface area contributed by atoms with Crippen LogP contribution >= 0.6 is 0 Å². The summed E-state index contributed by atoms with van der Waals surface area (Å²) >= 11 is 0. The van der Waals surface area contributed by atoms with Crippen LogP contribution in [-0.2, 0) is 19.5 Å². The van der Waals surface area contributed by atoms with Crippen molar-refractivity contribution in [2.75, 3.05) is 0 Å². The number of nitrogens with two attached hydrogens (primary N) is 4. The van der Waals surface area contributed by atoms with E-state index in [2.05, 4.69) is 159 Å². The number of rotatable bonds is 6. The van der Waals surface area contributed by atoms with Gasteiger partial charge in [0, 0.05) is 11.1 Å². The number of nitrogens with zero attached hydrogens (tertiary/aromatic N) is 4. The molecule has 4 aromatic carbocycles. The molecule has 0 radical (unpaired) electrons. The van der Waals surface area contributed by atoms with Gasteiger partial charge in [-0.25, -0.2) is 9.97 Å². The van der Waals surface area contributed by atoms with Gasteiger partial charge in [0.15, 0.2) is 0 Å². The minimum atomic E-state index is -1.58. The molecule has 0 aliphatic carbocycles. The third-order valence-electron chi connectivity index (χ3n) is 11.1. The topological polar surface area (TPSA) is 157 Å². The normalized spacial score (nSPS) is 11.4. The van der Waals surface area contributed by atoms with Crippen LogP contribution in [0.15, 0.2) is 121 Å². The first-order valence-electron chi connectivity index (χ1n) is 21.9. The van der Waals surface area contributed by atoms with Gasteiger partial charge in [-0.2, -0.15) is 0 Å². The maximum Gasteiger partial charge on any atom is 2.00 e. The quantitative estimate of drug-likeness (QED) is 0.0865. The van der Waals surface area contributed by atoms with Crippen LogP contribution < -0.4 is 57.1 Å². The fourth-order valence-corrected chi connectivity index (χ4v) is 8.93. The Labute approximate surface area is 430 Å². The molecule has 338 valence electrons. The molecule has 0 fully saturated rings. The van der Waals surface area contributed by atoms with Crippen molar-refractivity contribution in [2.24, 2.45) is 11.5 Å². The Morgan fingerprint density at radius 2 is 0.667 bits per heavy atom. The Balaban J connectivity index is 0.00000261. The molecule has 0 unspecified atom stereocenters. The molecule has 0 saturated heterocycles. The molecule has 8 bridgehead atoms. The predicted molar refractivity (Wildman–Crippen MR) is 279 cm³/mol. The number of halogens is 2. The zero-order valence-corrected chi connectivity index (χ0v) is 45.9. The molecular weight excluding hydrogens is 977 g/mol. The average molecular weight is 1030 g/mol. The molecule has 3 aromatic heterocycles. The van der Waals surface area contributed by atoms with Crippen LogP contribution in [0.4, 0.5) is 0 Å². The van der Waals surface area contributed by atoms with E-state index in [-0.39, 0.29) is 56.0 Å². The fourth-order valence-electron chi connectivity index (χ4n) is 7.89. The molecule has 2 aliphatic rings. The van der Waals surface area contributed by atoms with E-state index in [0.717, 1.165) is 112 Å². The maximum absolute atomic E-state index is 6.02. The maximum atomic E-state index is 6.02. The number of amidine groups is 2.